The van der Waals surface area contributed by atoms with E-state index in [1.807, 2.05) is 0 Å². The molecular formula is C21H21ClN2O7S. The number of carbonyl (C=O) groups excluding carboxylic acids is 2. The van der Waals surface area contributed by atoms with Crippen LogP contribution < -0.4 is 34.5 Å². The molecule has 0 aliphatic carbocycles. The SMILES string of the molecule is COc1cc2sc(C(=O)NNC(=O)c3cc(OC)c(OC)c(OC)c3)c(Cl)c2cc1OC. The van der Waals surface area contributed by atoms with Crippen LogP contribution in [0.3, 0.4) is 0 Å². The Kier molecular flexibility index (Phi) is 7.16. The van der Waals surface area contributed by atoms with Gasteiger partial charge in [-0.1, -0.05) is 11.6 Å². The fourth-order valence-corrected chi connectivity index (χ4v) is 4.41. The van der Waals surface area contributed by atoms with Gasteiger partial charge in [0, 0.05) is 21.7 Å². The van der Waals surface area contributed by atoms with Crippen LogP contribution in [0.4, 0.5) is 0 Å². The van der Waals surface area contributed by atoms with E-state index in [1.54, 1.807) is 12.1 Å². The molecule has 170 valence electrons. The molecular weight excluding hydrogens is 460 g/mol. The van der Waals surface area contributed by atoms with Crippen LogP contribution in [0.1, 0.15) is 20.0 Å². The Balaban J connectivity index is 1.82. The van der Waals surface area contributed by atoms with Gasteiger partial charge in [-0.3, -0.25) is 20.4 Å². The fraction of sp³-hybridized carbons (Fsp3) is 0.238. The highest BCUT2D eigenvalue weighted by atomic mass is 35.5. The number of halogens is 1. The molecule has 1 aromatic heterocycles. The predicted molar refractivity (Wildman–Crippen MR) is 121 cm³/mol. The highest BCUT2D eigenvalue weighted by molar-refractivity contribution is 7.21. The van der Waals surface area contributed by atoms with Crippen LogP contribution in [0.5, 0.6) is 28.7 Å². The number of hydrazine groups is 1. The van der Waals surface area contributed by atoms with Crippen molar-refractivity contribution in [2.75, 3.05) is 35.5 Å². The van der Waals surface area contributed by atoms with Gasteiger partial charge in [-0.15, -0.1) is 11.3 Å². The highest BCUT2D eigenvalue weighted by Crippen LogP contribution is 2.41. The zero-order valence-corrected chi connectivity index (χ0v) is 19.5. The monoisotopic (exact) mass is 480 g/mol. The van der Waals surface area contributed by atoms with Gasteiger partial charge >= 0.3 is 0 Å². The van der Waals surface area contributed by atoms with Crippen LogP contribution in [0.15, 0.2) is 24.3 Å². The van der Waals surface area contributed by atoms with Crippen molar-refractivity contribution >= 4 is 44.8 Å². The molecule has 0 radical (unpaired) electrons. The zero-order chi connectivity index (χ0) is 23.4. The minimum absolute atomic E-state index is 0.191. The normalized spacial score (nSPS) is 10.4. The van der Waals surface area contributed by atoms with Crippen LogP contribution in [-0.4, -0.2) is 47.4 Å². The lowest BCUT2D eigenvalue weighted by atomic mass is 10.1. The molecule has 2 N–H and O–H groups in total. The summed E-state index contributed by atoms with van der Waals surface area (Å²) in [6, 6.07) is 6.36. The summed E-state index contributed by atoms with van der Waals surface area (Å²) in [6.07, 6.45) is 0. The van der Waals surface area contributed by atoms with Crippen molar-refractivity contribution in [3.05, 3.63) is 39.7 Å². The Morgan fingerprint density at radius 2 is 1.28 bits per heavy atom. The van der Waals surface area contributed by atoms with Crippen LogP contribution in [0.25, 0.3) is 10.1 Å². The minimum atomic E-state index is -0.585. The van der Waals surface area contributed by atoms with E-state index in [1.165, 1.54) is 47.7 Å². The number of fused-ring (bicyclic) bond motifs is 1. The average molecular weight is 481 g/mol. The summed E-state index contributed by atoms with van der Waals surface area (Å²) >= 11 is 7.57. The second-order valence-corrected chi connectivity index (χ2v) is 7.70. The summed E-state index contributed by atoms with van der Waals surface area (Å²) in [6.45, 7) is 0. The molecule has 0 bridgehead atoms. The predicted octanol–water partition coefficient (Wildman–Crippen LogP) is 3.67. The molecule has 0 aliphatic heterocycles. The maximum Gasteiger partial charge on any atom is 0.281 e. The number of rotatable bonds is 7. The van der Waals surface area contributed by atoms with E-state index in [-0.39, 0.29) is 15.5 Å². The van der Waals surface area contributed by atoms with Gasteiger partial charge in [0.2, 0.25) is 5.75 Å². The lowest BCUT2D eigenvalue weighted by Crippen LogP contribution is -2.41. The molecule has 0 spiro atoms. The maximum atomic E-state index is 12.7. The van der Waals surface area contributed by atoms with Gasteiger partial charge in [0.05, 0.1) is 40.6 Å². The second-order valence-electron chi connectivity index (χ2n) is 6.27. The Morgan fingerprint density at radius 3 is 1.81 bits per heavy atom. The van der Waals surface area contributed by atoms with Gasteiger partial charge in [0.1, 0.15) is 4.88 Å². The number of thiophene rings is 1. The van der Waals surface area contributed by atoms with Crippen molar-refractivity contribution in [1.82, 2.24) is 10.9 Å². The molecule has 0 saturated carbocycles. The number of methoxy groups -OCH3 is 5. The number of nitrogens with one attached hydrogen (secondary N) is 2. The van der Waals surface area contributed by atoms with Crippen molar-refractivity contribution in [3.63, 3.8) is 0 Å². The molecule has 0 fully saturated rings. The molecule has 2 amide bonds. The fourth-order valence-electron chi connectivity index (χ4n) is 2.99. The summed E-state index contributed by atoms with van der Waals surface area (Å²) in [7, 11) is 7.37. The first-order valence-corrected chi connectivity index (χ1v) is 10.3. The summed E-state index contributed by atoms with van der Waals surface area (Å²) in [5, 5.41) is 0.876. The Hall–Kier alpha value is -3.37. The van der Waals surface area contributed by atoms with Crippen molar-refractivity contribution in [2.45, 2.75) is 0 Å². The molecule has 3 rings (SSSR count). The number of hydrogen-bond acceptors (Lipinski definition) is 8. The van der Waals surface area contributed by atoms with E-state index >= 15 is 0 Å². The average Bonchev–Trinajstić information content (AvgIpc) is 3.15. The lowest BCUT2D eigenvalue weighted by Gasteiger charge is -2.14. The maximum absolute atomic E-state index is 12.7. The summed E-state index contributed by atoms with van der Waals surface area (Å²) < 4.78 is 27.0. The molecule has 2 aromatic carbocycles. The molecule has 1 heterocycles. The molecule has 0 saturated heterocycles. The van der Waals surface area contributed by atoms with Crippen molar-refractivity contribution in [1.29, 1.82) is 0 Å². The summed E-state index contributed by atoms with van der Waals surface area (Å²) in [4.78, 5) is 25.5. The Morgan fingerprint density at radius 1 is 0.750 bits per heavy atom. The van der Waals surface area contributed by atoms with Gasteiger partial charge in [0.15, 0.2) is 23.0 Å². The zero-order valence-electron chi connectivity index (χ0n) is 18.0. The lowest BCUT2D eigenvalue weighted by molar-refractivity contribution is 0.0848. The Bertz CT molecular complexity index is 1150. The van der Waals surface area contributed by atoms with Gasteiger partial charge in [-0.05, 0) is 18.2 Å². The van der Waals surface area contributed by atoms with Gasteiger partial charge in [-0.25, -0.2) is 0 Å². The van der Waals surface area contributed by atoms with E-state index in [2.05, 4.69) is 10.9 Å². The van der Waals surface area contributed by atoms with Crippen LogP contribution >= 0.6 is 22.9 Å². The topological polar surface area (TPSA) is 104 Å². The van der Waals surface area contributed by atoms with E-state index in [0.29, 0.717) is 34.1 Å². The van der Waals surface area contributed by atoms with E-state index in [9.17, 15) is 9.59 Å². The Labute approximate surface area is 193 Å². The van der Waals surface area contributed by atoms with Crippen LogP contribution in [0.2, 0.25) is 5.02 Å². The van der Waals surface area contributed by atoms with Crippen molar-refractivity contribution in [2.24, 2.45) is 0 Å². The highest BCUT2D eigenvalue weighted by Gasteiger charge is 2.21. The van der Waals surface area contributed by atoms with Gasteiger partial charge in [0.25, 0.3) is 11.8 Å². The van der Waals surface area contributed by atoms with Crippen molar-refractivity contribution in [3.8, 4) is 28.7 Å². The third-order valence-corrected chi connectivity index (χ3v) is 6.21. The molecule has 32 heavy (non-hydrogen) atoms. The molecule has 0 aliphatic rings. The molecule has 9 nitrogen and oxygen atoms in total. The third-order valence-electron chi connectivity index (χ3n) is 4.56. The molecule has 11 heteroatoms. The first-order valence-electron chi connectivity index (χ1n) is 9.13. The van der Waals surface area contributed by atoms with E-state index < -0.39 is 11.8 Å². The van der Waals surface area contributed by atoms with Gasteiger partial charge < -0.3 is 23.7 Å². The number of benzene rings is 2. The number of amides is 2. The quantitative estimate of drug-likeness (QED) is 0.497. The number of carbonyl (C=O) groups is 2. The largest absolute Gasteiger partial charge is 0.493 e. The van der Waals surface area contributed by atoms with E-state index in [0.717, 1.165) is 16.0 Å². The van der Waals surface area contributed by atoms with Gasteiger partial charge in [-0.2, -0.15) is 0 Å². The molecule has 3 aromatic rings. The minimum Gasteiger partial charge on any atom is -0.493 e. The number of ether oxygens (including phenoxy) is 5. The van der Waals surface area contributed by atoms with E-state index in [4.69, 9.17) is 35.3 Å². The summed E-state index contributed by atoms with van der Waals surface area (Å²) in [5.74, 6) is 0.798. The van der Waals surface area contributed by atoms with Crippen LogP contribution in [0, 0.1) is 0 Å². The standard InChI is InChI=1S/C21H21ClN2O7S/c1-27-12-8-11-16(9-13(12)28-2)32-19(17(11)22)21(26)24-23-20(25)10-6-14(29-3)18(31-5)15(7-10)30-4/h6-9H,1-5H3,(H,23,25)(H,24,26). The van der Waals surface area contributed by atoms with Crippen molar-refractivity contribution < 1.29 is 33.3 Å². The van der Waals surface area contributed by atoms with Crippen LogP contribution in [-0.2, 0) is 0 Å². The molecule has 0 unspecified atom stereocenters. The summed E-state index contributed by atoms with van der Waals surface area (Å²) in [5.41, 5.74) is 4.93. The number of hydrogen-bond donors (Lipinski definition) is 2. The first kappa shape index (κ1) is 23.3. The second kappa shape index (κ2) is 9.84. The third kappa shape index (κ3) is 4.32. The smallest absolute Gasteiger partial charge is 0.281 e. The molecule has 0 atom stereocenters. The first-order chi connectivity index (χ1) is 15.4.